The molecule has 26 heavy (non-hydrogen) atoms. The molecule has 2 rings (SSSR count). The topological polar surface area (TPSA) is 62.1 Å². The van der Waals surface area contributed by atoms with E-state index in [9.17, 15) is 10.1 Å². The fraction of sp³-hybridized carbons (Fsp3) is 0.143. The smallest absolute Gasteiger partial charge is 0.262 e. The number of nitrogens with zero attached hydrogens (tertiary/aromatic N) is 1. The van der Waals surface area contributed by atoms with Gasteiger partial charge in [-0.1, -0.05) is 49.1 Å². The van der Waals surface area contributed by atoms with E-state index in [1.54, 1.807) is 30.4 Å². The van der Waals surface area contributed by atoms with Crippen molar-refractivity contribution in [1.82, 2.24) is 5.32 Å². The SMILES string of the molecule is C=CCOc1ccc(/C=C(\C#N)C(=O)N[C@@H](C)c2ccccc2)cc1Br. The quantitative estimate of drug-likeness (QED) is 0.405. The molecule has 0 aliphatic carbocycles. The second kappa shape index (κ2) is 9.59. The fourth-order valence-corrected chi connectivity index (χ4v) is 2.80. The van der Waals surface area contributed by atoms with Crippen LogP contribution in [0.4, 0.5) is 0 Å². The Bertz CT molecular complexity index is 854. The molecule has 0 saturated carbocycles. The Kier molecular flexibility index (Phi) is 7.19. The minimum Gasteiger partial charge on any atom is -0.488 e. The summed E-state index contributed by atoms with van der Waals surface area (Å²) in [6, 6.07) is 16.7. The van der Waals surface area contributed by atoms with Crippen molar-refractivity contribution in [3.05, 3.63) is 82.4 Å². The van der Waals surface area contributed by atoms with Gasteiger partial charge in [-0.15, -0.1) is 0 Å². The minimum atomic E-state index is -0.410. The van der Waals surface area contributed by atoms with Crippen molar-refractivity contribution in [3.63, 3.8) is 0 Å². The molecule has 2 aromatic rings. The summed E-state index contributed by atoms with van der Waals surface area (Å²) in [5.74, 6) is 0.259. The van der Waals surface area contributed by atoms with Gasteiger partial charge in [0.1, 0.15) is 24.0 Å². The Balaban J connectivity index is 2.14. The molecule has 0 unspecified atom stereocenters. The Hall–Kier alpha value is -2.84. The van der Waals surface area contributed by atoms with Crippen LogP contribution in [0.5, 0.6) is 5.75 Å². The maximum Gasteiger partial charge on any atom is 0.262 e. The Morgan fingerprint density at radius 1 is 1.35 bits per heavy atom. The van der Waals surface area contributed by atoms with Crippen molar-refractivity contribution in [3.8, 4) is 11.8 Å². The number of carbonyl (C=O) groups is 1. The number of ether oxygens (including phenoxy) is 1. The number of amides is 1. The van der Waals surface area contributed by atoms with Gasteiger partial charge in [0.25, 0.3) is 5.91 Å². The summed E-state index contributed by atoms with van der Waals surface area (Å²) < 4.78 is 6.23. The number of halogens is 1. The van der Waals surface area contributed by atoms with Crippen LogP contribution in [0.25, 0.3) is 6.08 Å². The third-order valence-electron chi connectivity index (χ3n) is 3.64. The van der Waals surface area contributed by atoms with Crippen LogP contribution in [-0.2, 0) is 4.79 Å². The number of carbonyl (C=O) groups excluding carboxylic acids is 1. The third kappa shape index (κ3) is 5.33. The van der Waals surface area contributed by atoms with Crippen LogP contribution in [0, 0.1) is 11.3 Å². The number of nitrogens with one attached hydrogen (secondary N) is 1. The molecule has 1 amide bonds. The van der Waals surface area contributed by atoms with Crippen molar-refractivity contribution < 1.29 is 9.53 Å². The summed E-state index contributed by atoms with van der Waals surface area (Å²) in [6.07, 6.45) is 3.21. The zero-order chi connectivity index (χ0) is 18.9. The van der Waals surface area contributed by atoms with Gasteiger partial charge in [-0.3, -0.25) is 4.79 Å². The first-order valence-electron chi connectivity index (χ1n) is 8.06. The summed E-state index contributed by atoms with van der Waals surface area (Å²) in [4.78, 5) is 12.4. The molecular formula is C21H19BrN2O2. The predicted molar refractivity (Wildman–Crippen MR) is 106 cm³/mol. The van der Waals surface area contributed by atoms with Gasteiger partial charge in [-0.05, 0) is 52.2 Å². The molecule has 0 fully saturated rings. The standard InChI is InChI=1S/C21H19BrN2O2/c1-3-11-26-20-10-9-16(13-19(20)22)12-18(14-23)21(25)24-15(2)17-7-5-4-6-8-17/h3-10,12-13,15H,1,11H2,2H3,(H,24,25)/b18-12+/t15-/m0/s1. The first kappa shape index (κ1) is 19.5. The van der Waals surface area contributed by atoms with E-state index in [1.165, 1.54) is 0 Å². The van der Waals surface area contributed by atoms with Gasteiger partial charge in [0, 0.05) is 0 Å². The van der Waals surface area contributed by atoms with Crippen molar-refractivity contribution >= 4 is 27.9 Å². The Labute approximate surface area is 161 Å². The molecule has 132 valence electrons. The lowest BCUT2D eigenvalue weighted by Gasteiger charge is -2.13. The lowest BCUT2D eigenvalue weighted by Crippen LogP contribution is -2.27. The number of hydrogen-bond acceptors (Lipinski definition) is 3. The van der Waals surface area contributed by atoms with E-state index in [2.05, 4.69) is 27.8 Å². The van der Waals surface area contributed by atoms with Crippen LogP contribution in [0.15, 0.2) is 71.2 Å². The average Bonchev–Trinajstić information content (AvgIpc) is 2.66. The van der Waals surface area contributed by atoms with Crippen molar-refractivity contribution in [2.45, 2.75) is 13.0 Å². The monoisotopic (exact) mass is 410 g/mol. The summed E-state index contributed by atoms with van der Waals surface area (Å²) in [6.45, 7) is 5.89. The summed E-state index contributed by atoms with van der Waals surface area (Å²) in [5, 5.41) is 12.2. The first-order chi connectivity index (χ1) is 12.5. The number of hydrogen-bond donors (Lipinski definition) is 1. The molecule has 0 spiro atoms. The molecule has 5 heteroatoms. The second-order valence-corrected chi connectivity index (χ2v) is 6.42. The molecule has 0 saturated heterocycles. The van der Waals surface area contributed by atoms with Crippen molar-refractivity contribution in [2.24, 2.45) is 0 Å². The largest absolute Gasteiger partial charge is 0.488 e. The highest BCUT2D eigenvalue weighted by molar-refractivity contribution is 9.10. The molecule has 0 bridgehead atoms. The lowest BCUT2D eigenvalue weighted by molar-refractivity contribution is -0.117. The van der Waals surface area contributed by atoms with Crippen LogP contribution in [0.1, 0.15) is 24.1 Å². The normalized spacial score (nSPS) is 12.0. The Morgan fingerprint density at radius 2 is 2.08 bits per heavy atom. The molecule has 0 aromatic heterocycles. The van der Waals surface area contributed by atoms with Crippen LogP contribution in [0.2, 0.25) is 0 Å². The Morgan fingerprint density at radius 3 is 2.69 bits per heavy atom. The zero-order valence-corrected chi connectivity index (χ0v) is 16.0. The van der Waals surface area contributed by atoms with Gasteiger partial charge in [0.15, 0.2) is 0 Å². The van der Waals surface area contributed by atoms with E-state index in [0.29, 0.717) is 12.4 Å². The van der Waals surface area contributed by atoms with E-state index in [1.807, 2.05) is 43.3 Å². The molecule has 0 heterocycles. The number of benzene rings is 2. The van der Waals surface area contributed by atoms with Gasteiger partial charge in [-0.2, -0.15) is 5.26 Å². The highest BCUT2D eigenvalue weighted by atomic mass is 79.9. The van der Waals surface area contributed by atoms with E-state index >= 15 is 0 Å². The predicted octanol–water partition coefficient (Wildman–Crippen LogP) is 4.80. The maximum absolute atomic E-state index is 12.4. The molecule has 2 aromatic carbocycles. The number of rotatable bonds is 7. The van der Waals surface area contributed by atoms with Gasteiger partial charge >= 0.3 is 0 Å². The molecular weight excluding hydrogens is 392 g/mol. The number of nitriles is 1. The highest BCUT2D eigenvalue weighted by Crippen LogP contribution is 2.27. The average molecular weight is 411 g/mol. The zero-order valence-electron chi connectivity index (χ0n) is 14.4. The van der Waals surface area contributed by atoms with Crippen LogP contribution < -0.4 is 10.1 Å². The molecule has 0 aliphatic heterocycles. The van der Waals surface area contributed by atoms with E-state index in [0.717, 1.165) is 15.6 Å². The summed E-state index contributed by atoms with van der Waals surface area (Å²) in [7, 11) is 0. The second-order valence-electron chi connectivity index (χ2n) is 5.57. The van der Waals surface area contributed by atoms with E-state index in [-0.39, 0.29) is 11.6 Å². The van der Waals surface area contributed by atoms with Crippen LogP contribution in [0.3, 0.4) is 0 Å². The van der Waals surface area contributed by atoms with Gasteiger partial charge in [0.05, 0.1) is 10.5 Å². The van der Waals surface area contributed by atoms with Crippen molar-refractivity contribution in [1.29, 1.82) is 5.26 Å². The molecule has 1 N–H and O–H groups in total. The van der Waals surface area contributed by atoms with Gasteiger partial charge in [-0.25, -0.2) is 0 Å². The summed E-state index contributed by atoms with van der Waals surface area (Å²) in [5.41, 5.74) is 1.74. The molecule has 0 radical (unpaired) electrons. The third-order valence-corrected chi connectivity index (χ3v) is 4.26. The van der Waals surface area contributed by atoms with Gasteiger partial charge in [0.2, 0.25) is 0 Å². The molecule has 1 atom stereocenters. The minimum absolute atomic E-state index is 0.0411. The molecule has 4 nitrogen and oxygen atoms in total. The highest BCUT2D eigenvalue weighted by Gasteiger charge is 2.14. The van der Waals surface area contributed by atoms with Gasteiger partial charge < -0.3 is 10.1 Å². The maximum atomic E-state index is 12.4. The summed E-state index contributed by atoms with van der Waals surface area (Å²) >= 11 is 3.43. The van der Waals surface area contributed by atoms with Crippen LogP contribution in [-0.4, -0.2) is 12.5 Å². The lowest BCUT2D eigenvalue weighted by atomic mass is 10.1. The van der Waals surface area contributed by atoms with Crippen molar-refractivity contribution in [2.75, 3.05) is 6.61 Å². The van der Waals surface area contributed by atoms with E-state index < -0.39 is 5.91 Å². The van der Waals surface area contributed by atoms with E-state index in [4.69, 9.17) is 4.74 Å². The first-order valence-corrected chi connectivity index (χ1v) is 8.85. The fourth-order valence-electron chi connectivity index (χ4n) is 2.29. The molecule has 0 aliphatic rings. The van der Waals surface area contributed by atoms with Crippen LogP contribution >= 0.6 is 15.9 Å².